The molecule has 0 saturated carbocycles. The molecule has 1 heterocycles. The van der Waals surface area contributed by atoms with Crippen molar-refractivity contribution in [3.05, 3.63) is 0 Å². The van der Waals surface area contributed by atoms with Gasteiger partial charge < -0.3 is 10.2 Å². The number of likely N-dealkylation sites (N-methyl/N-ethyl adjacent to an activating group) is 1. The van der Waals surface area contributed by atoms with E-state index in [1.807, 2.05) is 0 Å². The minimum absolute atomic E-state index is 0.686. The van der Waals surface area contributed by atoms with Gasteiger partial charge in [0.05, 0.1) is 0 Å². The average molecular weight is 198 g/mol. The van der Waals surface area contributed by atoms with Crippen molar-refractivity contribution in [1.29, 1.82) is 0 Å². The van der Waals surface area contributed by atoms with Gasteiger partial charge in [-0.05, 0) is 38.8 Å². The third-order valence-electron chi connectivity index (χ3n) is 3.56. The van der Waals surface area contributed by atoms with Gasteiger partial charge in [-0.3, -0.25) is 0 Å². The Bertz CT molecular complexity index is 143. The van der Waals surface area contributed by atoms with Crippen LogP contribution in [-0.4, -0.2) is 37.6 Å². The molecule has 1 N–H and O–H groups in total. The SMILES string of the molecule is CCC1CCCN(CC(CC)NC)C1. The van der Waals surface area contributed by atoms with E-state index in [-0.39, 0.29) is 0 Å². The molecule has 2 heteroatoms. The third-order valence-corrected chi connectivity index (χ3v) is 3.56. The largest absolute Gasteiger partial charge is 0.316 e. The highest BCUT2D eigenvalue weighted by molar-refractivity contribution is 4.76. The van der Waals surface area contributed by atoms with E-state index in [1.54, 1.807) is 0 Å². The average Bonchev–Trinajstić information content (AvgIpc) is 2.26. The minimum atomic E-state index is 0.686. The first kappa shape index (κ1) is 12.0. The predicted octanol–water partition coefficient (Wildman–Crippen LogP) is 2.11. The van der Waals surface area contributed by atoms with Crippen LogP contribution in [0, 0.1) is 5.92 Å². The summed E-state index contributed by atoms with van der Waals surface area (Å²) in [4.78, 5) is 2.64. The van der Waals surface area contributed by atoms with Gasteiger partial charge in [0.15, 0.2) is 0 Å². The number of nitrogens with zero attached hydrogens (tertiary/aromatic N) is 1. The maximum atomic E-state index is 3.39. The Labute approximate surface area is 89.1 Å². The summed E-state index contributed by atoms with van der Waals surface area (Å²) in [5.74, 6) is 0.957. The van der Waals surface area contributed by atoms with Gasteiger partial charge in [-0.2, -0.15) is 0 Å². The highest BCUT2D eigenvalue weighted by atomic mass is 15.2. The number of nitrogens with one attached hydrogen (secondary N) is 1. The Balaban J connectivity index is 2.29. The van der Waals surface area contributed by atoms with Crippen molar-refractivity contribution in [2.45, 2.75) is 45.6 Å². The minimum Gasteiger partial charge on any atom is -0.316 e. The Morgan fingerprint density at radius 1 is 1.43 bits per heavy atom. The van der Waals surface area contributed by atoms with E-state index in [2.05, 4.69) is 31.1 Å². The van der Waals surface area contributed by atoms with Crippen molar-refractivity contribution in [1.82, 2.24) is 10.2 Å². The van der Waals surface area contributed by atoms with E-state index < -0.39 is 0 Å². The van der Waals surface area contributed by atoms with Crippen LogP contribution in [0.2, 0.25) is 0 Å². The van der Waals surface area contributed by atoms with Gasteiger partial charge in [0, 0.05) is 19.1 Å². The summed E-state index contributed by atoms with van der Waals surface area (Å²) in [7, 11) is 2.08. The monoisotopic (exact) mass is 198 g/mol. The van der Waals surface area contributed by atoms with Crippen LogP contribution in [-0.2, 0) is 0 Å². The van der Waals surface area contributed by atoms with Crippen LogP contribution in [0.4, 0.5) is 0 Å². The fraction of sp³-hybridized carbons (Fsp3) is 1.00. The molecule has 0 aromatic rings. The van der Waals surface area contributed by atoms with Crippen LogP contribution >= 0.6 is 0 Å². The van der Waals surface area contributed by atoms with Crippen LogP contribution in [0.25, 0.3) is 0 Å². The van der Waals surface area contributed by atoms with E-state index in [0.29, 0.717) is 6.04 Å². The Morgan fingerprint density at radius 3 is 2.79 bits per heavy atom. The van der Waals surface area contributed by atoms with E-state index >= 15 is 0 Å². The van der Waals surface area contributed by atoms with Gasteiger partial charge in [0.2, 0.25) is 0 Å². The lowest BCUT2D eigenvalue weighted by Gasteiger charge is -2.34. The zero-order valence-electron chi connectivity index (χ0n) is 10.1. The van der Waals surface area contributed by atoms with Crippen LogP contribution in [0.15, 0.2) is 0 Å². The van der Waals surface area contributed by atoms with Crippen molar-refractivity contribution in [2.75, 3.05) is 26.7 Å². The normalized spacial score (nSPS) is 26.4. The highest BCUT2D eigenvalue weighted by Gasteiger charge is 2.19. The van der Waals surface area contributed by atoms with Crippen molar-refractivity contribution < 1.29 is 0 Å². The zero-order chi connectivity index (χ0) is 10.4. The molecule has 1 aliphatic heterocycles. The van der Waals surface area contributed by atoms with Crippen LogP contribution < -0.4 is 5.32 Å². The van der Waals surface area contributed by atoms with Crippen LogP contribution in [0.1, 0.15) is 39.5 Å². The first-order valence-corrected chi connectivity index (χ1v) is 6.19. The third kappa shape index (κ3) is 3.58. The molecule has 14 heavy (non-hydrogen) atoms. The number of likely N-dealkylation sites (tertiary alicyclic amines) is 1. The van der Waals surface area contributed by atoms with Crippen LogP contribution in [0.5, 0.6) is 0 Å². The van der Waals surface area contributed by atoms with Crippen LogP contribution in [0.3, 0.4) is 0 Å². The Morgan fingerprint density at radius 2 is 2.21 bits per heavy atom. The van der Waals surface area contributed by atoms with Crippen molar-refractivity contribution in [3.63, 3.8) is 0 Å². The maximum Gasteiger partial charge on any atom is 0.0189 e. The molecule has 1 aliphatic rings. The lowest BCUT2D eigenvalue weighted by molar-refractivity contribution is 0.157. The van der Waals surface area contributed by atoms with E-state index in [9.17, 15) is 0 Å². The summed E-state index contributed by atoms with van der Waals surface area (Å²) in [5.41, 5.74) is 0. The molecule has 0 amide bonds. The lowest BCUT2D eigenvalue weighted by atomic mass is 9.95. The van der Waals surface area contributed by atoms with Crippen molar-refractivity contribution >= 4 is 0 Å². The molecular formula is C12H26N2. The molecule has 0 spiro atoms. The molecule has 1 fully saturated rings. The van der Waals surface area contributed by atoms with Gasteiger partial charge in [0.25, 0.3) is 0 Å². The molecule has 0 aromatic carbocycles. The number of piperidine rings is 1. The van der Waals surface area contributed by atoms with Gasteiger partial charge in [-0.15, -0.1) is 0 Å². The summed E-state index contributed by atoms with van der Waals surface area (Å²) in [6.45, 7) is 8.47. The maximum absolute atomic E-state index is 3.39. The molecule has 2 nitrogen and oxygen atoms in total. The molecule has 0 aliphatic carbocycles. The zero-order valence-corrected chi connectivity index (χ0v) is 10.1. The number of hydrogen-bond donors (Lipinski definition) is 1. The lowest BCUT2D eigenvalue weighted by Crippen LogP contribution is -2.43. The summed E-state index contributed by atoms with van der Waals surface area (Å²) in [5, 5.41) is 3.39. The van der Waals surface area contributed by atoms with Crippen molar-refractivity contribution in [3.8, 4) is 0 Å². The molecule has 0 bridgehead atoms. The fourth-order valence-corrected chi connectivity index (χ4v) is 2.39. The van der Waals surface area contributed by atoms with Gasteiger partial charge >= 0.3 is 0 Å². The molecule has 0 aromatic heterocycles. The van der Waals surface area contributed by atoms with Gasteiger partial charge in [-0.1, -0.05) is 20.3 Å². The smallest absolute Gasteiger partial charge is 0.0189 e. The fourth-order valence-electron chi connectivity index (χ4n) is 2.39. The van der Waals surface area contributed by atoms with E-state index in [4.69, 9.17) is 0 Å². The molecule has 1 saturated heterocycles. The topological polar surface area (TPSA) is 15.3 Å². The highest BCUT2D eigenvalue weighted by Crippen LogP contribution is 2.19. The molecule has 2 atom stereocenters. The van der Waals surface area contributed by atoms with Gasteiger partial charge in [0.1, 0.15) is 0 Å². The molecular weight excluding hydrogens is 172 g/mol. The summed E-state index contributed by atoms with van der Waals surface area (Å²) >= 11 is 0. The second kappa shape index (κ2) is 6.41. The molecule has 2 unspecified atom stereocenters. The predicted molar refractivity (Wildman–Crippen MR) is 62.6 cm³/mol. The first-order valence-electron chi connectivity index (χ1n) is 6.19. The molecule has 1 rings (SSSR count). The van der Waals surface area contributed by atoms with Gasteiger partial charge in [-0.25, -0.2) is 0 Å². The second-order valence-electron chi connectivity index (χ2n) is 4.57. The number of rotatable bonds is 5. The Kier molecular flexibility index (Phi) is 5.49. The van der Waals surface area contributed by atoms with E-state index in [0.717, 1.165) is 5.92 Å². The first-order chi connectivity index (χ1) is 6.80. The van der Waals surface area contributed by atoms with Crippen molar-refractivity contribution in [2.24, 2.45) is 5.92 Å². The second-order valence-corrected chi connectivity index (χ2v) is 4.57. The summed E-state index contributed by atoms with van der Waals surface area (Å²) in [6, 6.07) is 0.686. The Hall–Kier alpha value is -0.0800. The summed E-state index contributed by atoms with van der Waals surface area (Å²) in [6.07, 6.45) is 5.44. The summed E-state index contributed by atoms with van der Waals surface area (Å²) < 4.78 is 0. The van der Waals surface area contributed by atoms with E-state index in [1.165, 1.54) is 45.3 Å². The molecule has 84 valence electrons. The standard InChI is InChI=1S/C12H26N2/c1-4-11-7-6-8-14(9-11)10-12(5-2)13-3/h11-13H,4-10H2,1-3H3. The quantitative estimate of drug-likeness (QED) is 0.728. The molecule has 0 radical (unpaired) electrons. The number of hydrogen-bond acceptors (Lipinski definition) is 2.